The largest absolute Gasteiger partial charge is 0.294 e. The molecule has 1 aliphatic heterocycles. The van der Waals surface area contributed by atoms with E-state index in [1.807, 2.05) is 37.2 Å². The summed E-state index contributed by atoms with van der Waals surface area (Å²) in [5.41, 5.74) is 4.10. The number of hydrogen-bond donors (Lipinski definition) is 0. The maximum absolute atomic E-state index is 12.0. The second-order valence-corrected chi connectivity index (χ2v) is 6.61. The van der Waals surface area contributed by atoms with E-state index in [1.165, 1.54) is 10.5 Å². The number of thioether (sulfide) groups is 1. The molecule has 1 aliphatic rings. The van der Waals surface area contributed by atoms with Crippen LogP contribution in [0.3, 0.4) is 0 Å². The second kappa shape index (κ2) is 5.68. The number of nitrogens with zero attached hydrogens (tertiary/aromatic N) is 2. The zero-order chi connectivity index (χ0) is 15.0. The molecular formula is C17H20N2OS. The predicted molar refractivity (Wildman–Crippen MR) is 86.2 cm³/mol. The van der Waals surface area contributed by atoms with Gasteiger partial charge in [-0.2, -0.15) is 5.10 Å². The quantitative estimate of drug-likeness (QED) is 0.801. The Morgan fingerprint density at radius 3 is 2.90 bits per heavy atom. The highest BCUT2D eigenvalue weighted by Crippen LogP contribution is 2.40. The van der Waals surface area contributed by atoms with Crippen molar-refractivity contribution in [1.29, 1.82) is 0 Å². The summed E-state index contributed by atoms with van der Waals surface area (Å²) in [5.74, 6) is 1.76. The van der Waals surface area contributed by atoms with Gasteiger partial charge in [0.25, 0.3) is 0 Å². The average molecular weight is 300 g/mol. The lowest BCUT2D eigenvalue weighted by Gasteiger charge is -2.12. The monoisotopic (exact) mass is 300 g/mol. The Labute approximate surface area is 129 Å². The molecule has 0 N–H and O–H groups in total. The first-order chi connectivity index (χ1) is 10.1. The van der Waals surface area contributed by atoms with E-state index in [-0.39, 0.29) is 5.78 Å². The fourth-order valence-corrected chi connectivity index (χ4v) is 4.29. The highest BCUT2D eigenvalue weighted by molar-refractivity contribution is 7.99. The number of carbonyl (C=O) groups excluding carboxylic acids is 1. The van der Waals surface area contributed by atoms with Gasteiger partial charge in [-0.25, -0.2) is 0 Å². The van der Waals surface area contributed by atoms with E-state index < -0.39 is 0 Å². The summed E-state index contributed by atoms with van der Waals surface area (Å²) >= 11 is 1.91. The third-order valence-corrected chi connectivity index (χ3v) is 5.43. The lowest BCUT2D eigenvalue weighted by Crippen LogP contribution is -2.12. The van der Waals surface area contributed by atoms with Gasteiger partial charge in [0, 0.05) is 35.2 Å². The number of fused-ring (bicyclic) bond motifs is 1. The minimum absolute atomic E-state index is 0.192. The summed E-state index contributed by atoms with van der Waals surface area (Å²) in [5, 5.41) is 4.60. The number of aromatic nitrogens is 2. The first-order valence-electron chi connectivity index (χ1n) is 7.40. The molecule has 110 valence electrons. The standard InChI is InChI=1S/C17H20N2OS/c1-4-15(20)17-11(2)18-19(12(17)3)9-13-10-21-16-8-6-5-7-14(13)16/h5-8,13H,4,9-10H2,1-3H3. The van der Waals surface area contributed by atoms with Gasteiger partial charge >= 0.3 is 0 Å². The number of benzene rings is 1. The first kappa shape index (κ1) is 14.4. The smallest absolute Gasteiger partial charge is 0.166 e. The fraction of sp³-hybridized carbons (Fsp3) is 0.412. The number of hydrogen-bond acceptors (Lipinski definition) is 3. The molecule has 0 fully saturated rings. The van der Waals surface area contributed by atoms with E-state index in [1.54, 1.807) is 0 Å². The Hall–Kier alpha value is -1.55. The van der Waals surface area contributed by atoms with Gasteiger partial charge < -0.3 is 0 Å². The van der Waals surface area contributed by atoms with E-state index in [4.69, 9.17) is 0 Å². The SMILES string of the molecule is CCC(=O)c1c(C)nn(CC2CSc3ccccc32)c1C. The average Bonchev–Trinajstić information content (AvgIpc) is 3.01. The topological polar surface area (TPSA) is 34.9 Å². The molecule has 1 unspecified atom stereocenters. The first-order valence-corrected chi connectivity index (χ1v) is 8.39. The number of ketones is 1. The molecule has 0 saturated carbocycles. The van der Waals surface area contributed by atoms with Gasteiger partial charge in [0.2, 0.25) is 0 Å². The van der Waals surface area contributed by atoms with Crippen molar-refractivity contribution in [2.75, 3.05) is 5.75 Å². The van der Waals surface area contributed by atoms with Gasteiger partial charge in [-0.15, -0.1) is 11.8 Å². The van der Waals surface area contributed by atoms with E-state index >= 15 is 0 Å². The molecule has 4 heteroatoms. The van der Waals surface area contributed by atoms with Gasteiger partial charge in [-0.3, -0.25) is 9.48 Å². The van der Waals surface area contributed by atoms with Crippen LogP contribution in [0, 0.1) is 13.8 Å². The van der Waals surface area contributed by atoms with Gasteiger partial charge in [0.15, 0.2) is 5.78 Å². The van der Waals surface area contributed by atoms with Crippen molar-refractivity contribution < 1.29 is 4.79 Å². The van der Waals surface area contributed by atoms with E-state index in [2.05, 4.69) is 29.4 Å². The van der Waals surface area contributed by atoms with Gasteiger partial charge in [0.05, 0.1) is 11.3 Å². The molecule has 0 saturated heterocycles. The molecule has 0 spiro atoms. The predicted octanol–water partition coefficient (Wildman–Crippen LogP) is 3.98. The minimum Gasteiger partial charge on any atom is -0.294 e. The molecule has 0 radical (unpaired) electrons. The highest BCUT2D eigenvalue weighted by atomic mass is 32.2. The summed E-state index contributed by atoms with van der Waals surface area (Å²) < 4.78 is 2.02. The van der Waals surface area contributed by atoms with Gasteiger partial charge in [-0.1, -0.05) is 25.1 Å². The molecule has 3 rings (SSSR count). The van der Waals surface area contributed by atoms with Crippen LogP contribution in [0.2, 0.25) is 0 Å². The zero-order valence-electron chi connectivity index (χ0n) is 12.7. The zero-order valence-corrected chi connectivity index (χ0v) is 13.5. The van der Waals surface area contributed by atoms with Crippen LogP contribution in [-0.2, 0) is 6.54 Å². The van der Waals surface area contributed by atoms with Crippen LogP contribution >= 0.6 is 11.8 Å². The summed E-state index contributed by atoms with van der Waals surface area (Å²) in [4.78, 5) is 13.4. The Morgan fingerprint density at radius 2 is 2.14 bits per heavy atom. The van der Waals surface area contributed by atoms with Crippen LogP contribution in [0.15, 0.2) is 29.2 Å². The third-order valence-electron chi connectivity index (χ3n) is 4.17. The molecule has 0 bridgehead atoms. The molecule has 3 nitrogen and oxygen atoms in total. The summed E-state index contributed by atoms with van der Waals surface area (Å²) in [7, 11) is 0. The van der Waals surface area contributed by atoms with Gasteiger partial charge in [-0.05, 0) is 25.5 Å². The van der Waals surface area contributed by atoms with Crippen molar-refractivity contribution in [2.45, 2.75) is 44.6 Å². The molecule has 0 amide bonds. The van der Waals surface area contributed by atoms with Crippen LogP contribution < -0.4 is 0 Å². The Balaban J connectivity index is 1.89. The molecule has 1 aromatic heterocycles. The Morgan fingerprint density at radius 1 is 1.38 bits per heavy atom. The molecule has 1 aromatic carbocycles. The van der Waals surface area contributed by atoms with E-state index in [9.17, 15) is 4.79 Å². The van der Waals surface area contributed by atoms with Crippen LogP contribution in [-0.4, -0.2) is 21.3 Å². The lowest BCUT2D eigenvalue weighted by molar-refractivity contribution is 0.0987. The van der Waals surface area contributed by atoms with Crippen molar-refractivity contribution in [2.24, 2.45) is 0 Å². The number of rotatable bonds is 4. The Kier molecular flexibility index (Phi) is 3.89. The van der Waals surface area contributed by atoms with E-state index in [0.717, 1.165) is 29.2 Å². The molecule has 0 aliphatic carbocycles. The van der Waals surface area contributed by atoms with E-state index in [0.29, 0.717) is 12.3 Å². The fourth-order valence-electron chi connectivity index (χ4n) is 3.04. The summed E-state index contributed by atoms with van der Waals surface area (Å²) in [6.45, 7) is 6.71. The second-order valence-electron chi connectivity index (χ2n) is 5.55. The normalized spacial score (nSPS) is 17.0. The highest BCUT2D eigenvalue weighted by Gasteiger charge is 2.25. The molecule has 1 atom stereocenters. The molecular weight excluding hydrogens is 280 g/mol. The number of Topliss-reactive ketones (excluding diaryl/α,β-unsaturated/α-hetero) is 1. The minimum atomic E-state index is 0.192. The van der Waals surface area contributed by atoms with Gasteiger partial charge in [0.1, 0.15) is 0 Å². The van der Waals surface area contributed by atoms with Crippen molar-refractivity contribution in [3.8, 4) is 0 Å². The van der Waals surface area contributed by atoms with Crippen molar-refractivity contribution in [3.63, 3.8) is 0 Å². The number of aryl methyl sites for hydroxylation is 1. The van der Waals surface area contributed by atoms with Crippen LogP contribution in [0.4, 0.5) is 0 Å². The van der Waals surface area contributed by atoms with Crippen molar-refractivity contribution >= 4 is 17.5 Å². The van der Waals surface area contributed by atoms with Crippen LogP contribution in [0.25, 0.3) is 0 Å². The van der Waals surface area contributed by atoms with Crippen molar-refractivity contribution in [3.05, 3.63) is 46.8 Å². The maximum Gasteiger partial charge on any atom is 0.166 e. The third kappa shape index (κ3) is 2.53. The lowest BCUT2D eigenvalue weighted by atomic mass is 10.0. The van der Waals surface area contributed by atoms with Crippen LogP contribution in [0.1, 0.15) is 46.6 Å². The number of carbonyl (C=O) groups is 1. The van der Waals surface area contributed by atoms with Crippen molar-refractivity contribution in [1.82, 2.24) is 9.78 Å². The van der Waals surface area contributed by atoms with Crippen LogP contribution in [0.5, 0.6) is 0 Å². The summed E-state index contributed by atoms with van der Waals surface area (Å²) in [6, 6.07) is 8.59. The molecule has 2 aromatic rings. The summed E-state index contributed by atoms with van der Waals surface area (Å²) in [6.07, 6.45) is 0.537. The Bertz CT molecular complexity index is 690. The molecule has 2 heterocycles. The molecule has 21 heavy (non-hydrogen) atoms. The maximum atomic E-state index is 12.0.